The molecule has 3 aliphatic rings. The molecule has 4 atom stereocenters. The largest absolute Gasteiger partial charge is 0.377 e. The Morgan fingerprint density at radius 3 is 2.24 bits per heavy atom. The fraction of sp³-hybridized carbons (Fsp3) is 0.500. The van der Waals surface area contributed by atoms with E-state index in [1.54, 1.807) is 0 Å². The van der Waals surface area contributed by atoms with E-state index < -0.39 is 0 Å². The van der Waals surface area contributed by atoms with Crippen molar-refractivity contribution in [3.05, 3.63) is 77.4 Å². The normalized spacial score (nSPS) is 26.7. The molecule has 1 saturated heterocycles. The number of rotatable bonds is 5. The second kappa shape index (κ2) is 9.75. The maximum atomic E-state index is 14.3. The van der Waals surface area contributed by atoms with Gasteiger partial charge in [-0.05, 0) is 69.1 Å². The first-order valence-electron chi connectivity index (χ1n) is 13.0. The number of likely N-dealkylation sites (tertiary alicyclic amines) is 1. The summed E-state index contributed by atoms with van der Waals surface area (Å²) in [5.41, 5.74) is 4.80. The SMILES string of the molecule is Cc1ccc(NC(c2ccc(C)cc2)[C@@H]2C(=O)N(C3CCCCC3)C[C@@H]3CCC=C[C@@H]32)cc1. The standard InChI is InChI=1S/C30H38N2O/c1-21-12-16-23(17-13-21)29(31-25-18-14-22(2)15-19-25)28-27-11-7-6-8-24(27)20-32(30(28)33)26-9-4-3-5-10-26/h7,11-19,24,26-29,31H,3-6,8-10,20H2,1-2H3/t24-,27-,28+,29?/m0/s1. The van der Waals surface area contributed by atoms with Gasteiger partial charge in [0.15, 0.2) is 0 Å². The third kappa shape index (κ3) is 4.74. The average Bonchev–Trinajstić information content (AvgIpc) is 2.85. The van der Waals surface area contributed by atoms with Crippen LogP contribution in [-0.2, 0) is 4.79 Å². The predicted molar refractivity (Wildman–Crippen MR) is 136 cm³/mol. The summed E-state index contributed by atoms with van der Waals surface area (Å²) in [5.74, 6) is 1.15. The topological polar surface area (TPSA) is 32.3 Å². The summed E-state index contributed by atoms with van der Waals surface area (Å²) in [6, 6.07) is 17.8. The minimum atomic E-state index is -0.0776. The smallest absolute Gasteiger partial charge is 0.228 e. The lowest BCUT2D eigenvalue weighted by atomic mass is 9.68. The molecule has 2 fully saturated rings. The van der Waals surface area contributed by atoms with Crippen molar-refractivity contribution in [2.75, 3.05) is 11.9 Å². The van der Waals surface area contributed by atoms with Crippen LogP contribution in [0.3, 0.4) is 0 Å². The number of allylic oxidation sites excluding steroid dienone is 2. The highest BCUT2D eigenvalue weighted by Crippen LogP contribution is 2.45. The van der Waals surface area contributed by atoms with Crippen molar-refractivity contribution < 1.29 is 4.79 Å². The van der Waals surface area contributed by atoms with Crippen LogP contribution in [0.15, 0.2) is 60.7 Å². The average molecular weight is 443 g/mol. The number of carbonyl (C=O) groups excluding carboxylic acids is 1. The van der Waals surface area contributed by atoms with E-state index in [9.17, 15) is 4.79 Å². The zero-order chi connectivity index (χ0) is 22.8. The molecule has 2 aromatic carbocycles. The number of fused-ring (bicyclic) bond motifs is 1. The molecule has 2 aromatic rings. The molecule has 33 heavy (non-hydrogen) atoms. The summed E-state index contributed by atoms with van der Waals surface area (Å²) < 4.78 is 0. The van der Waals surface area contributed by atoms with Gasteiger partial charge in [0, 0.05) is 18.3 Å². The minimum Gasteiger partial charge on any atom is -0.377 e. The second-order valence-electron chi connectivity index (χ2n) is 10.5. The van der Waals surface area contributed by atoms with Crippen molar-refractivity contribution in [2.24, 2.45) is 17.8 Å². The highest BCUT2D eigenvalue weighted by Gasteiger charge is 2.47. The monoisotopic (exact) mass is 442 g/mol. The fourth-order valence-electron chi connectivity index (χ4n) is 6.31. The highest BCUT2D eigenvalue weighted by atomic mass is 16.2. The molecule has 1 unspecified atom stereocenters. The Morgan fingerprint density at radius 1 is 0.879 bits per heavy atom. The van der Waals surface area contributed by atoms with Crippen molar-refractivity contribution in [3.8, 4) is 0 Å². The molecule has 5 rings (SSSR count). The van der Waals surface area contributed by atoms with E-state index in [0.717, 1.165) is 18.7 Å². The number of hydrogen-bond donors (Lipinski definition) is 1. The van der Waals surface area contributed by atoms with Crippen molar-refractivity contribution in [1.29, 1.82) is 0 Å². The molecule has 1 heterocycles. The molecular formula is C30H38N2O. The molecule has 3 heteroatoms. The van der Waals surface area contributed by atoms with Crippen molar-refractivity contribution in [2.45, 2.75) is 70.9 Å². The van der Waals surface area contributed by atoms with Gasteiger partial charge in [-0.25, -0.2) is 0 Å². The Hall–Kier alpha value is -2.55. The van der Waals surface area contributed by atoms with Gasteiger partial charge in [0.05, 0.1) is 12.0 Å². The molecular weight excluding hydrogens is 404 g/mol. The van der Waals surface area contributed by atoms with E-state index in [0.29, 0.717) is 23.8 Å². The van der Waals surface area contributed by atoms with Crippen LogP contribution in [0.4, 0.5) is 5.69 Å². The van der Waals surface area contributed by atoms with Gasteiger partial charge < -0.3 is 10.2 Å². The minimum absolute atomic E-state index is 0.0394. The first-order chi connectivity index (χ1) is 16.1. The van der Waals surface area contributed by atoms with E-state index >= 15 is 0 Å². The molecule has 1 aliphatic heterocycles. The number of amides is 1. The van der Waals surface area contributed by atoms with Gasteiger partial charge in [-0.3, -0.25) is 4.79 Å². The number of aryl methyl sites for hydroxylation is 2. The van der Waals surface area contributed by atoms with Crippen LogP contribution >= 0.6 is 0 Å². The van der Waals surface area contributed by atoms with Crippen LogP contribution in [0, 0.1) is 31.6 Å². The highest BCUT2D eigenvalue weighted by molar-refractivity contribution is 5.82. The van der Waals surface area contributed by atoms with Gasteiger partial charge >= 0.3 is 0 Å². The molecule has 0 spiro atoms. The summed E-state index contributed by atoms with van der Waals surface area (Å²) in [6.45, 7) is 5.19. The first-order valence-corrected chi connectivity index (χ1v) is 13.0. The van der Waals surface area contributed by atoms with Crippen LogP contribution in [-0.4, -0.2) is 23.4 Å². The van der Waals surface area contributed by atoms with E-state index in [1.165, 1.54) is 55.2 Å². The Morgan fingerprint density at radius 2 is 1.55 bits per heavy atom. The Balaban J connectivity index is 1.54. The second-order valence-corrected chi connectivity index (χ2v) is 10.5. The zero-order valence-corrected chi connectivity index (χ0v) is 20.2. The number of benzene rings is 2. The number of anilines is 1. The van der Waals surface area contributed by atoms with Crippen LogP contribution in [0.1, 0.15) is 67.7 Å². The molecule has 3 nitrogen and oxygen atoms in total. The van der Waals surface area contributed by atoms with Crippen LogP contribution in [0.25, 0.3) is 0 Å². The van der Waals surface area contributed by atoms with E-state index in [4.69, 9.17) is 0 Å². The number of nitrogens with zero attached hydrogens (tertiary/aromatic N) is 1. The van der Waals surface area contributed by atoms with Gasteiger partial charge in [-0.2, -0.15) is 0 Å². The van der Waals surface area contributed by atoms with Gasteiger partial charge in [-0.1, -0.05) is 78.9 Å². The third-order valence-corrected chi connectivity index (χ3v) is 8.21. The van der Waals surface area contributed by atoms with Crippen molar-refractivity contribution in [3.63, 3.8) is 0 Å². The Labute approximate surface area is 199 Å². The fourth-order valence-corrected chi connectivity index (χ4v) is 6.31. The maximum Gasteiger partial charge on any atom is 0.228 e. The zero-order valence-electron chi connectivity index (χ0n) is 20.2. The molecule has 1 amide bonds. The van der Waals surface area contributed by atoms with Crippen molar-refractivity contribution >= 4 is 11.6 Å². The molecule has 1 saturated carbocycles. The summed E-state index contributed by atoms with van der Waals surface area (Å²) >= 11 is 0. The van der Waals surface area contributed by atoms with Gasteiger partial charge in [0.25, 0.3) is 0 Å². The third-order valence-electron chi connectivity index (χ3n) is 8.21. The van der Waals surface area contributed by atoms with Gasteiger partial charge in [0.2, 0.25) is 5.91 Å². The maximum absolute atomic E-state index is 14.3. The summed E-state index contributed by atoms with van der Waals surface area (Å²) in [7, 11) is 0. The number of nitrogens with one attached hydrogen (secondary N) is 1. The number of piperidine rings is 1. The predicted octanol–water partition coefficient (Wildman–Crippen LogP) is 6.83. The molecule has 0 bridgehead atoms. The van der Waals surface area contributed by atoms with E-state index in [2.05, 4.69) is 84.7 Å². The Kier molecular flexibility index (Phi) is 6.57. The first kappa shape index (κ1) is 22.3. The van der Waals surface area contributed by atoms with Gasteiger partial charge in [-0.15, -0.1) is 0 Å². The lowest BCUT2D eigenvalue weighted by molar-refractivity contribution is -0.148. The quantitative estimate of drug-likeness (QED) is 0.515. The molecule has 1 N–H and O–H groups in total. The van der Waals surface area contributed by atoms with E-state index in [-0.39, 0.29) is 12.0 Å². The molecule has 2 aliphatic carbocycles. The van der Waals surface area contributed by atoms with Crippen LogP contribution in [0.2, 0.25) is 0 Å². The number of hydrogen-bond acceptors (Lipinski definition) is 2. The number of carbonyl (C=O) groups is 1. The lowest BCUT2D eigenvalue weighted by Gasteiger charge is -2.49. The molecule has 174 valence electrons. The van der Waals surface area contributed by atoms with E-state index in [1.807, 2.05) is 0 Å². The molecule has 0 radical (unpaired) electrons. The van der Waals surface area contributed by atoms with Crippen LogP contribution < -0.4 is 5.32 Å². The summed E-state index contributed by atoms with van der Waals surface area (Å²) in [4.78, 5) is 16.6. The van der Waals surface area contributed by atoms with Crippen LogP contribution in [0.5, 0.6) is 0 Å². The van der Waals surface area contributed by atoms with Crippen molar-refractivity contribution in [1.82, 2.24) is 4.90 Å². The molecule has 0 aromatic heterocycles. The summed E-state index contributed by atoms with van der Waals surface area (Å²) in [5, 5.41) is 3.82. The lowest BCUT2D eigenvalue weighted by Crippen LogP contribution is -2.56. The summed E-state index contributed by atoms with van der Waals surface area (Å²) in [6.07, 6.45) is 13.2. The van der Waals surface area contributed by atoms with Gasteiger partial charge in [0.1, 0.15) is 0 Å². The Bertz CT molecular complexity index is 971.